The summed E-state index contributed by atoms with van der Waals surface area (Å²) in [6, 6.07) is 9.61. The summed E-state index contributed by atoms with van der Waals surface area (Å²) in [6.45, 7) is 2.45. The van der Waals surface area contributed by atoms with Gasteiger partial charge >= 0.3 is 12.0 Å². The highest BCUT2D eigenvalue weighted by molar-refractivity contribution is 5.99. The molecule has 0 atom stereocenters. The number of nitrogens with zero attached hydrogens (tertiary/aromatic N) is 2. The van der Waals surface area contributed by atoms with E-state index in [9.17, 15) is 9.59 Å². The van der Waals surface area contributed by atoms with Crippen molar-refractivity contribution in [3.05, 3.63) is 47.7 Å². The number of amides is 2. The summed E-state index contributed by atoms with van der Waals surface area (Å²) in [6.07, 6.45) is 6.90. The smallest absolute Gasteiger partial charge is 0.343 e. The molecule has 7 nitrogen and oxygen atoms in total. The molecule has 1 aliphatic carbocycles. The number of aromatic nitrogens is 2. The number of urea groups is 1. The summed E-state index contributed by atoms with van der Waals surface area (Å²) in [7, 11) is 0. The summed E-state index contributed by atoms with van der Waals surface area (Å²) >= 11 is 0. The summed E-state index contributed by atoms with van der Waals surface area (Å²) in [5.41, 5.74) is 1.28. The van der Waals surface area contributed by atoms with E-state index >= 15 is 0 Å². The van der Waals surface area contributed by atoms with Gasteiger partial charge in [-0.05, 0) is 25.3 Å². The van der Waals surface area contributed by atoms with E-state index in [1.54, 1.807) is 11.6 Å². The molecular weight excluding hydrogens is 344 g/mol. The summed E-state index contributed by atoms with van der Waals surface area (Å²) in [5.74, 6) is -0.143. The number of nitrogens with one attached hydrogen (secondary N) is 2. The van der Waals surface area contributed by atoms with Crippen molar-refractivity contribution in [1.29, 1.82) is 0 Å². The standard InChI is InChI=1S/C20H26N4O3/c1-2-27-19(25)17-13-21-24(14-15-9-5-3-6-10-15)18(17)23-20(26)22-16-11-7-4-8-12-16/h3,5-6,9-10,13,16H,2,4,7-8,11-12,14H2,1H3,(H2,22,23,26). The van der Waals surface area contributed by atoms with Gasteiger partial charge in [-0.1, -0.05) is 49.6 Å². The number of rotatable bonds is 6. The number of ether oxygens (including phenoxy) is 1. The Morgan fingerprint density at radius 2 is 1.93 bits per heavy atom. The summed E-state index contributed by atoms with van der Waals surface area (Å²) in [5, 5.41) is 10.1. The van der Waals surface area contributed by atoms with Gasteiger partial charge in [0.1, 0.15) is 11.4 Å². The van der Waals surface area contributed by atoms with Gasteiger partial charge in [0.25, 0.3) is 0 Å². The molecule has 1 fully saturated rings. The lowest BCUT2D eigenvalue weighted by Gasteiger charge is -2.23. The Kier molecular flexibility index (Phi) is 6.46. The average Bonchev–Trinajstić information content (AvgIpc) is 3.06. The number of carbonyl (C=O) groups excluding carboxylic acids is 2. The van der Waals surface area contributed by atoms with E-state index in [0.29, 0.717) is 12.4 Å². The molecule has 3 rings (SSSR count). The number of benzene rings is 1. The van der Waals surface area contributed by atoms with Crippen LogP contribution in [0.3, 0.4) is 0 Å². The van der Waals surface area contributed by atoms with Gasteiger partial charge in [-0.15, -0.1) is 0 Å². The molecule has 2 aromatic rings. The van der Waals surface area contributed by atoms with E-state index in [1.807, 2.05) is 30.3 Å². The van der Waals surface area contributed by atoms with E-state index in [1.165, 1.54) is 12.6 Å². The fourth-order valence-electron chi connectivity index (χ4n) is 3.33. The van der Waals surface area contributed by atoms with Crippen molar-refractivity contribution >= 4 is 17.8 Å². The molecule has 1 saturated carbocycles. The van der Waals surface area contributed by atoms with Crippen LogP contribution in [0.2, 0.25) is 0 Å². The zero-order valence-electron chi connectivity index (χ0n) is 15.6. The van der Waals surface area contributed by atoms with Crippen molar-refractivity contribution in [1.82, 2.24) is 15.1 Å². The minimum Gasteiger partial charge on any atom is -0.462 e. The predicted octanol–water partition coefficient (Wildman–Crippen LogP) is 3.56. The van der Waals surface area contributed by atoms with Crippen LogP contribution in [0.4, 0.5) is 10.6 Å². The molecule has 0 unspecified atom stereocenters. The van der Waals surface area contributed by atoms with Crippen LogP contribution < -0.4 is 10.6 Å². The number of hydrogen-bond donors (Lipinski definition) is 2. The minimum atomic E-state index is -0.496. The second kappa shape index (κ2) is 9.21. The molecule has 27 heavy (non-hydrogen) atoms. The third-order valence-electron chi connectivity index (χ3n) is 4.68. The number of hydrogen-bond acceptors (Lipinski definition) is 4. The average molecular weight is 370 g/mol. The third-order valence-corrected chi connectivity index (χ3v) is 4.68. The van der Waals surface area contributed by atoms with Gasteiger partial charge < -0.3 is 10.1 Å². The molecule has 7 heteroatoms. The van der Waals surface area contributed by atoms with E-state index in [0.717, 1.165) is 31.2 Å². The molecule has 1 aliphatic rings. The van der Waals surface area contributed by atoms with E-state index in [4.69, 9.17) is 4.74 Å². The lowest BCUT2D eigenvalue weighted by molar-refractivity contribution is 0.0527. The third kappa shape index (κ3) is 5.09. The topological polar surface area (TPSA) is 85.2 Å². The summed E-state index contributed by atoms with van der Waals surface area (Å²) in [4.78, 5) is 24.8. The molecular formula is C20H26N4O3. The van der Waals surface area contributed by atoms with E-state index < -0.39 is 5.97 Å². The molecule has 0 saturated heterocycles. The normalized spacial score (nSPS) is 14.6. The SMILES string of the molecule is CCOC(=O)c1cnn(Cc2ccccc2)c1NC(=O)NC1CCCCC1. The van der Waals surface area contributed by atoms with E-state index in [2.05, 4.69) is 15.7 Å². The molecule has 2 N–H and O–H groups in total. The Bertz CT molecular complexity index is 767. The monoisotopic (exact) mass is 370 g/mol. The van der Waals surface area contributed by atoms with Crippen LogP contribution in [0.25, 0.3) is 0 Å². The van der Waals surface area contributed by atoms with Crippen LogP contribution >= 0.6 is 0 Å². The van der Waals surface area contributed by atoms with Crippen molar-refractivity contribution in [2.45, 2.75) is 51.6 Å². The van der Waals surface area contributed by atoms with Crippen molar-refractivity contribution < 1.29 is 14.3 Å². The lowest BCUT2D eigenvalue weighted by Crippen LogP contribution is -2.39. The van der Waals surface area contributed by atoms with Crippen LogP contribution in [-0.2, 0) is 11.3 Å². The fourth-order valence-corrected chi connectivity index (χ4v) is 3.33. The van der Waals surface area contributed by atoms with Crippen LogP contribution in [0, 0.1) is 0 Å². The molecule has 1 aromatic heterocycles. The maximum absolute atomic E-state index is 12.5. The molecule has 1 heterocycles. The van der Waals surface area contributed by atoms with Crippen molar-refractivity contribution in [3.63, 3.8) is 0 Å². The number of esters is 1. The van der Waals surface area contributed by atoms with E-state index in [-0.39, 0.29) is 24.2 Å². The number of carbonyl (C=O) groups is 2. The lowest BCUT2D eigenvalue weighted by atomic mass is 9.96. The fraction of sp³-hybridized carbons (Fsp3) is 0.450. The highest BCUT2D eigenvalue weighted by Crippen LogP contribution is 2.20. The quantitative estimate of drug-likeness (QED) is 0.762. The second-order valence-electron chi connectivity index (χ2n) is 6.70. The molecule has 2 amide bonds. The zero-order valence-corrected chi connectivity index (χ0v) is 15.6. The number of anilines is 1. The van der Waals surface area contributed by atoms with Gasteiger partial charge in [-0.2, -0.15) is 5.10 Å². The first-order chi connectivity index (χ1) is 13.2. The van der Waals surface area contributed by atoms with Gasteiger partial charge in [-0.25, -0.2) is 14.3 Å². The maximum atomic E-state index is 12.5. The Labute approximate surface area is 159 Å². The summed E-state index contributed by atoms with van der Waals surface area (Å²) < 4.78 is 6.71. The van der Waals surface area contributed by atoms with Crippen molar-refractivity contribution in [2.75, 3.05) is 11.9 Å². The van der Waals surface area contributed by atoms with Gasteiger partial charge in [-0.3, -0.25) is 5.32 Å². The molecule has 0 spiro atoms. The Hall–Kier alpha value is -2.83. The van der Waals surface area contributed by atoms with Gasteiger partial charge in [0.15, 0.2) is 0 Å². The zero-order chi connectivity index (χ0) is 19.1. The van der Waals surface area contributed by atoms with Crippen LogP contribution in [0.1, 0.15) is 54.9 Å². The highest BCUT2D eigenvalue weighted by atomic mass is 16.5. The maximum Gasteiger partial charge on any atom is 0.343 e. The second-order valence-corrected chi connectivity index (χ2v) is 6.70. The van der Waals surface area contributed by atoms with Crippen molar-refractivity contribution in [3.8, 4) is 0 Å². The molecule has 0 bridgehead atoms. The minimum absolute atomic E-state index is 0.176. The first-order valence-corrected chi connectivity index (χ1v) is 9.51. The Morgan fingerprint density at radius 3 is 2.63 bits per heavy atom. The van der Waals surface area contributed by atoms with Crippen molar-refractivity contribution in [2.24, 2.45) is 0 Å². The predicted molar refractivity (Wildman–Crippen MR) is 103 cm³/mol. The first-order valence-electron chi connectivity index (χ1n) is 9.51. The Balaban J connectivity index is 1.77. The van der Waals surface area contributed by atoms with Gasteiger partial charge in [0.05, 0.1) is 19.3 Å². The molecule has 0 aliphatic heterocycles. The van der Waals surface area contributed by atoms with Gasteiger partial charge in [0.2, 0.25) is 0 Å². The largest absolute Gasteiger partial charge is 0.462 e. The highest BCUT2D eigenvalue weighted by Gasteiger charge is 2.22. The Morgan fingerprint density at radius 1 is 1.19 bits per heavy atom. The molecule has 0 radical (unpaired) electrons. The van der Waals surface area contributed by atoms with Gasteiger partial charge in [0, 0.05) is 6.04 Å². The van der Waals surface area contributed by atoms with Crippen LogP contribution in [0.5, 0.6) is 0 Å². The first kappa shape index (κ1) is 18.9. The molecule has 1 aromatic carbocycles. The van der Waals surface area contributed by atoms with Crippen LogP contribution in [-0.4, -0.2) is 34.4 Å². The van der Waals surface area contributed by atoms with Crippen LogP contribution in [0.15, 0.2) is 36.5 Å². The molecule has 144 valence electrons.